The van der Waals surface area contributed by atoms with Crippen molar-refractivity contribution in [3.05, 3.63) is 23.6 Å². The fraction of sp³-hybridized carbons (Fsp3) is 0.375. The highest BCUT2D eigenvalue weighted by Gasteiger charge is 2.11. The maximum absolute atomic E-state index is 12.7. The molecule has 0 aliphatic heterocycles. The predicted octanol–water partition coefficient (Wildman–Crippen LogP) is 2.15. The lowest BCUT2D eigenvalue weighted by Gasteiger charge is -2.05. The molecule has 1 aliphatic carbocycles. The molecule has 0 saturated heterocycles. The number of rotatable bonds is 1. The second kappa shape index (κ2) is 2.78. The maximum Gasteiger partial charge on any atom is 0.158 e. The lowest BCUT2D eigenvalue weighted by Crippen LogP contribution is -2.00. The molecule has 0 N–H and O–H groups in total. The van der Waals surface area contributed by atoms with Crippen LogP contribution in [0.5, 0.6) is 0 Å². The molecule has 0 amide bonds. The van der Waals surface area contributed by atoms with Gasteiger partial charge in [-0.1, -0.05) is 6.08 Å². The van der Waals surface area contributed by atoms with Crippen LogP contribution in [0.4, 0.5) is 4.39 Å². The van der Waals surface area contributed by atoms with E-state index in [1.807, 2.05) is 0 Å². The van der Waals surface area contributed by atoms with E-state index in [-0.39, 0.29) is 11.6 Å². The summed E-state index contributed by atoms with van der Waals surface area (Å²) >= 11 is 0. The van der Waals surface area contributed by atoms with Gasteiger partial charge in [-0.15, -0.1) is 0 Å². The summed E-state index contributed by atoms with van der Waals surface area (Å²) in [5, 5.41) is 0. The minimum atomic E-state index is -0.362. The number of halogens is 1. The van der Waals surface area contributed by atoms with E-state index in [0.717, 1.165) is 6.42 Å². The molecule has 0 radical (unpaired) electrons. The van der Waals surface area contributed by atoms with Gasteiger partial charge in [0.2, 0.25) is 0 Å². The van der Waals surface area contributed by atoms with Crippen LogP contribution in [0.1, 0.15) is 19.8 Å². The van der Waals surface area contributed by atoms with E-state index < -0.39 is 0 Å². The van der Waals surface area contributed by atoms with E-state index in [9.17, 15) is 9.18 Å². The molecule has 0 heterocycles. The summed E-state index contributed by atoms with van der Waals surface area (Å²) in [6.07, 6.45) is 4.43. The zero-order valence-electron chi connectivity index (χ0n) is 5.86. The van der Waals surface area contributed by atoms with Crippen LogP contribution in [0.3, 0.4) is 0 Å². The molecule has 0 unspecified atom stereocenters. The molecule has 1 aliphatic rings. The summed E-state index contributed by atoms with van der Waals surface area (Å²) in [5.41, 5.74) is 0.336. The smallest absolute Gasteiger partial charge is 0.158 e. The first-order valence-electron chi connectivity index (χ1n) is 3.28. The van der Waals surface area contributed by atoms with Gasteiger partial charge in [0.05, 0.1) is 0 Å². The van der Waals surface area contributed by atoms with Gasteiger partial charge in [0, 0.05) is 5.57 Å². The average molecular weight is 140 g/mol. The van der Waals surface area contributed by atoms with Crippen molar-refractivity contribution in [3.8, 4) is 0 Å². The highest BCUT2D eigenvalue weighted by Crippen LogP contribution is 2.19. The molecule has 1 rings (SSSR count). The summed E-state index contributed by atoms with van der Waals surface area (Å²) in [7, 11) is 0. The summed E-state index contributed by atoms with van der Waals surface area (Å²) in [6, 6.07) is 0. The molecular formula is C8H9FO. The fourth-order valence-electron chi connectivity index (χ4n) is 0.979. The first-order chi connectivity index (χ1) is 4.72. The van der Waals surface area contributed by atoms with Gasteiger partial charge in [0.15, 0.2) is 5.78 Å². The van der Waals surface area contributed by atoms with Gasteiger partial charge in [0.25, 0.3) is 0 Å². The van der Waals surface area contributed by atoms with Crippen LogP contribution >= 0.6 is 0 Å². The Morgan fingerprint density at radius 2 is 2.40 bits per heavy atom. The van der Waals surface area contributed by atoms with Gasteiger partial charge in [-0.25, -0.2) is 4.39 Å². The number of allylic oxidation sites excluding steroid dienone is 4. The molecule has 0 fully saturated rings. The molecule has 54 valence electrons. The zero-order chi connectivity index (χ0) is 7.56. The topological polar surface area (TPSA) is 17.1 Å². The minimum Gasteiger partial charge on any atom is -0.295 e. The Kier molecular flexibility index (Phi) is 2.00. The molecule has 0 atom stereocenters. The lowest BCUT2D eigenvalue weighted by molar-refractivity contribution is -0.113. The first kappa shape index (κ1) is 7.19. The van der Waals surface area contributed by atoms with E-state index in [1.54, 1.807) is 6.08 Å². The number of carbonyl (C=O) groups is 1. The van der Waals surface area contributed by atoms with Gasteiger partial charge in [-0.05, 0) is 25.8 Å². The first-order valence-corrected chi connectivity index (χ1v) is 3.28. The Bertz CT molecular complexity index is 213. The van der Waals surface area contributed by atoms with Gasteiger partial charge in [-0.3, -0.25) is 4.79 Å². The Labute approximate surface area is 59.2 Å². The second-order valence-electron chi connectivity index (χ2n) is 2.32. The monoisotopic (exact) mass is 140 g/mol. The van der Waals surface area contributed by atoms with Gasteiger partial charge in [-0.2, -0.15) is 0 Å². The second-order valence-corrected chi connectivity index (χ2v) is 2.32. The molecule has 1 nitrogen and oxygen atoms in total. The van der Waals surface area contributed by atoms with E-state index in [1.165, 1.54) is 13.0 Å². The molecule has 0 aromatic carbocycles. The van der Waals surface area contributed by atoms with Crippen LogP contribution in [0.2, 0.25) is 0 Å². The van der Waals surface area contributed by atoms with Crippen molar-refractivity contribution in [1.29, 1.82) is 0 Å². The third-order valence-corrected chi connectivity index (χ3v) is 1.54. The third-order valence-electron chi connectivity index (χ3n) is 1.54. The number of carbonyl (C=O) groups excluding carboxylic acids is 1. The molecule has 0 saturated carbocycles. The fourth-order valence-corrected chi connectivity index (χ4v) is 0.979. The van der Waals surface area contributed by atoms with Crippen LogP contribution in [0, 0.1) is 0 Å². The van der Waals surface area contributed by atoms with Crippen molar-refractivity contribution in [3.63, 3.8) is 0 Å². The van der Waals surface area contributed by atoms with Crippen molar-refractivity contribution >= 4 is 5.78 Å². The van der Waals surface area contributed by atoms with Crippen molar-refractivity contribution in [2.24, 2.45) is 0 Å². The van der Waals surface area contributed by atoms with Crippen molar-refractivity contribution in [1.82, 2.24) is 0 Å². The van der Waals surface area contributed by atoms with Crippen molar-refractivity contribution in [2.45, 2.75) is 19.8 Å². The molecule has 0 bridgehead atoms. The SMILES string of the molecule is CC(=O)C1=C(F)C=CCC1. The van der Waals surface area contributed by atoms with E-state index in [0.29, 0.717) is 12.0 Å². The highest BCUT2D eigenvalue weighted by atomic mass is 19.1. The Balaban J connectivity index is 2.89. The van der Waals surface area contributed by atoms with Gasteiger partial charge >= 0.3 is 0 Å². The number of ketones is 1. The maximum atomic E-state index is 12.7. The highest BCUT2D eigenvalue weighted by molar-refractivity contribution is 5.94. The largest absolute Gasteiger partial charge is 0.295 e. The molecule has 0 aromatic heterocycles. The quantitative estimate of drug-likeness (QED) is 0.545. The van der Waals surface area contributed by atoms with Crippen LogP contribution in [0.25, 0.3) is 0 Å². The normalized spacial score (nSPS) is 17.8. The summed E-state index contributed by atoms with van der Waals surface area (Å²) in [5.74, 6) is -0.513. The minimum absolute atomic E-state index is 0.151. The molecule has 0 spiro atoms. The molecule has 2 heteroatoms. The third kappa shape index (κ3) is 1.32. The average Bonchev–Trinajstić information content (AvgIpc) is 1.88. The van der Waals surface area contributed by atoms with Crippen molar-refractivity contribution in [2.75, 3.05) is 0 Å². The predicted molar refractivity (Wildman–Crippen MR) is 37.2 cm³/mol. The number of hydrogen-bond donors (Lipinski definition) is 0. The summed E-state index contributed by atoms with van der Waals surface area (Å²) in [6.45, 7) is 1.40. The van der Waals surface area contributed by atoms with E-state index >= 15 is 0 Å². The van der Waals surface area contributed by atoms with Crippen LogP contribution in [0.15, 0.2) is 23.6 Å². The number of Topliss-reactive ketones (excluding diaryl/α,β-unsaturated/α-hetero) is 1. The van der Waals surface area contributed by atoms with Gasteiger partial charge < -0.3 is 0 Å². The summed E-state index contributed by atoms with van der Waals surface area (Å²) in [4.78, 5) is 10.7. The Morgan fingerprint density at radius 3 is 2.80 bits per heavy atom. The summed E-state index contributed by atoms with van der Waals surface area (Å²) < 4.78 is 12.7. The van der Waals surface area contributed by atoms with Crippen LogP contribution < -0.4 is 0 Å². The molecule has 0 aromatic rings. The zero-order valence-corrected chi connectivity index (χ0v) is 5.86. The van der Waals surface area contributed by atoms with E-state index in [2.05, 4.69) is 0 Å². The Hall–Kier alpha value is -0.920. The molecule has 10 heavy (non-hydrogen) atoms. The van der Waals surface area contributed by atoms with Crippen LogP contribution in [-0.2, 0) is 4.79 Å². The number of hydrogen-bond acceptors (Lipinski definition) is 1. The Morgan fingerprint density at radius 1 is 1.70 bits per heavy atom. The standard InChI is InChI=1S/C8H9FO/c1-6(10)7-4-2-3-5-8(7)9/h3,5H,2,4H2,1H3. The molecular weight excluding hydrogens is 131 g/mol. The lowest BCUT2D eigenvalue weighted by atomic mass is 10.0. The van der Waals surface area contributed by atoms with Crippen molar-refractivity contribution < 1.29 is 9.18 Å². The van der Waals surface area contributed by atoms with E-state index in [4.69, 9.17) is 0 Å². The van der Waals surface area contributed by atoms with Crippen LogP contribution in [-0.4, -0.2) is 5.78 Å². The van der Waals surface area contributed by atoms with Gasteiger partial charge in [0.1, 0.15) is 5.83 Å².